The van der Waals surface area contributed by atoms with Crippen molar-refractivity contribution in [3.8, 4) is 5.75 Å². The second kappa shape index (κ2) is 6.85. The van der Waals surface area contributed by atoms with Crippen LogP contribution in [-0.2, 0) is 0 Å². The van der Waals surface area contributed by atoms with E-state index in [1.165, 1.54) is 6.20 Å². The first-order chi connectivity index (χ1) is 8.09. The summed E-state index contributed by atoms with van der Waals surface area (Å²) in [6.45, 7) is 5.71. The third-order valence-electron chi connectivity index (χ3n) is 2.13. The number of primary amides is 1. The second-order valence-electron chi connectivity index (χ2n) is 4.05. The molecule has 1 amide bonds. The van der Waals surface area contributed by atoms with E-state index in [9.17, 15) is 4.79 Å². The number of aromatic nitrogens is 1. The molecule has 94 valence electrons. The Labute approximate surface area is 101 Å². The van der Waals surface area contributed by atoms with Gasteiger partial charge in [0.15, 0.2) is 0 Å². The molecule has 0 aliphatic heterocycles. The van der Waals surface area contributed by atoms with Crippen LogP contribution in [0.15, 0.2) is 18.3 Å². The van der Waals surface area contributed by atoms with Crippen LogP contribution in [0.2, 0.25) is 0 Å². The van der Waals surface area contributed by atoms with E-state index >= 15 is 0 Å². The van der Waals surface area contributed by atoms with Crippen LogP contribution in [0.3, 0.4) is 0 Å². The molecule has 0 fully saturated rings. The lowest BCUT2D eigenvalue weighted by Gasteiger charge is -2.09. The van der Waals surface area contributed by atoms with Crippen molar-refractivity contribution in [2.45, 2.75) is 26.3 Å². The molecule has 0 saturated carbocycles. The molecule has 0 aromatic carbocycles. The molecule has 17 heavy (non-hydrogen) atoms. The summed E-state index contributed by atoms with van der Waals surface area (Å²) in [5.74, 6) is 0.0790. The third-order valence-corrected chi connectivity index (χ3v) is 2.13. The van der Waals surface area contributed by atoms with Crippen molar-refractivity contribution in [1.29, 1.82) is 0 Å². The van der Waals surface area contributed by atoms with E-state index < -0.39 is 5.91 Å². The van der Waals surface area contributed by atoms with Crippen LogP contribution in [0.1, 0.15) is 30.8 Å². The Morgan fingerprint density at radius 2 is 2.35 bits per heavy atom. The van der Waals surface area contributed by atoms with Gasteiger partial charge >= 0.3 is 0 Å². The summed E-state index contributed by atoms with van der Waals surface area (Å²) < 4.78 is 5.49. The Hall–Kier alpha value is -1.62. The van der Waals surface area contributed by atoms with Gasteiger partial charge in [-0.2, -0.15) is 0 Å². The maximum atomic E-state index is 10.9. The Balaban J connectivity index is 2.31. The minimum atomic E-state index is -0.545. The van der Waals surface area contributed by atoms with Crippen molar-refractivity contribution >= 4 is 5.91 Å². The monoisotopic (exact) mass is 237 g/mol. The van der Waals surface area contributed by atoms with Crippen LogP contribution >= 0.6 is 0 Å². The summed E-state index contributed by atoms with van der Waals surface area (Å²) >= 11 is 0. The fourth-order valence-electron chi connectivity index (χ4n) is 1.29. The zero-order chi connectivity index (χ0) is 12.7. The Morgan fingerprint density at radius 3 is 3.00 bits per heavy atom. The predicted molar refractivity (Wildman–Crippen MR) is 66.0 cm³/mol. The zero-order valence-electron chi connectivity index (χ0n) is 10.3. The van der Waals surface area contributed by atoms with Gasteiger partial charge in [0.05, 0.1) is 6.61 Å². The first-order valence-corrected chi connectivity index (χ1v) is 5.71. The highest BCUT2D eigenvalue weighted by molar-refractivity contribution is 5.91. The lowest BCUT2D eigenvalue weighted by molar-refractivity contribution is 0.0995. The van der Waals surface area contributed by atoms with Gasteiger partial charge in [0.25, 0.3) is 5.91 Å². The highest BCUT2D eigenvalue weighted by Gasteiger charge is 2.03. The average molecular weight is 237 g/mol. The number of nitrogens with one attached hydrogen (secondary N) is 1. The van der Waals surface area contributed by atoms with Crippen LogP contribution in [0.5, 0.6) is 5.75 Å². The number of hydrogen-bond acceptors (Lipinski definition) is 4. The first-order valence-electron chi connectivity index (χ1n) is 5.71. The molecular weight excluding hydrogens is 218 g/mol. The largest absolute Gasteiger partial charge is 0.493 e. The van der Waals surface area contributed by atoms with Crippen molar-refractivity contribution < 1.29 is 9.53 Å². The SMILES string of the molecule is CC(C)NCCCOc1ccnc(C(N)=O)c1. The van der Waals surface area contributed by atoms with Gasteiger partial charge in [-0.25, -0.2) is 0 Å². The summed E-state index contributed by atoms with van der Waals surface area (Å²) in [6.07, 6.45) is 2.42. The maximum absolute atomic E-state index is 10.9. The molecule has 5 nitrogen and oxygen atoms in total. The Kier molecular flexibility index (Phi) is 5.42. The van der Waals surface area contributed by atoms with E-state index in [4.69, 9.17) is 10.5 Å². The molecule has 0 atom stereocenters. The lowest BCUT2D eigenvalue weighted by atomic mass is 10.3. The van der Waals surface area contributed by atoms with Crippen LogP contribution in [0, 0.1) is 0 Å². The minimum absolute atomic E-state index is 0.225. The van der Waals surface area contributed by atoms with Crippen LogP contribution < -0.4 is 15.8 Å². The van der Waals surface area contributed by atoms with Gasteiger partial charge in [0.1, 0.15) is 11.4 Å². The molecule has 0 saturated heterocycles. The van der Waals surface area contributed by atoms with Crippen molar-refractivity contribution in [2.75, 3.05) is 13.2 Å². The van der Waals surface area contributed by atoms with Crippen LogP contribution in [0.4, 0.5) is 0 Å². The molecule has 1 aromatic rings. The molecule has 1 rings (SSSR count). The summed E-state index contributed by atoms with van der Waals surface area (Å²) in [6, 6.07) is 3.75. The van der Waals surface area contributed by atoms with Gasteiger partial charge < -0.3 is 15.8 Å². The number of nitrogens with two attached hydrogens (primary N) is 1. The molecule has 0 bridgehead atoms. The van der Waals surface area contributed by atoms with E-state index in [1.54, 1.807) is 12.1 Å². The smallest absolute Gasteiger partial charge is 0.267 e. The van der Waals surface area contributed by atoms with Gasteiger partial charge in [0.2, 0.25) is 0 Å². The summed E-state index contributed by atoms with van der Waals surface area (Å²) in [5.41, 5.74) is 5.35. The number of nitrogens with zero attached hydrogens (tertiary/aromatic N) is 1. The van der Waals surface area contributed by atoms with Crippen molar-refractivity contribution in [3.05, 3.63) is 24.0 Å². The quantitative estimate of drug-likeness (QED) is 0.692. The molecule has 1 aromatic heterocycles. The van der Waals surface area contributed by atoms with Crippen LogP contribution in [-0.4, -0.2) is 30.1 Å². The van der Waals surface area contributed by atoms with Gasteiger partial charge in [-0.1, -0.05) is 13.8 Å². The van der Waals surface area contributed by atoms with Crippen molar-refractivity contribution in [2.24, 2.45) is 5.73 Å². The van der Waals surface area contributed by atoms with E-state index in [1.807, 2.05) is 0 Å². The van der Waals surface area contributed by atoms with Gasteiger partial charge in [0, 0.05) is 18.3 Å². The molecule has 0 aliphatic carbocycles. The van der Waals surface area contributed by atoms with Crippen molar-refractivity contribution in [3.63, 3.8) is 0 Å². The van der Waals surface area contributed by atoms with Gasteiger partial charge in [-0.15, -0.1) is 0 Å². The second-order valence-corrected chi connectivity index (χ2v) is 4.05. The number of ether oxygens (including phenoxy) is 1. The molecule has 5 heteroatoms. The number of rotatable bonds is 7. The number of carbonyl (C=O) groups is 1. The molecule has 0 spiro atoms. The third kappa shape index (κ3) is 5.31. The normalized spacial score (nSPS) is 10.5. The molecule has 0 aliphatic rings. The molecule has 0 radical (unpaired) electrons. The summed E-state index contributed by atoms with van der Waals surface area (Å²) in [7, 11) is 0. The number of amides is 1. The van der Waals surface area contributed by atoms with E-state index in [-0.39, 0.29) is 5.69 Å². The number of hydrogen-bond donors (Lipinski definition) is 2. The first kappa shape index (κ1) is 13.4. The van der Waals surface area contributed by atoms with Gasteiger partial charge in [-0.3, -0.25) is 9.78 Å². The molecule has 1 heterocycles. The lowest BCUT2D eigenvalue weighted by Crippen LogP contribution is -2.24. The predicted octanol–water partition coefficient (Wildman–Crippen LogP) is 0.947. The molecule has 3 N–H and O–H groups in total. The van der Waals surface area contributed by atoms with E-state index in [0.29, 0.717) is 18.4 Å². The highest BCUT2D eigenvalue weighted by Crippen LogP contribution is 2.10. The van der Waals surface area contributed by atoms with E-state index in [2.05, 4.69) is 24.1 Å². The maximum Gasteiger partial charge on any atom is 0.267 e. The van der Waals surface area contributed by atoms with Crippen molar-refractivity contribution in [1.82, 2.24) is 10.3 Å². The molecular formula is C12H19N3O2. The number of carbonyl (C=O) groups excluding carboxylic acids is 1. The topological polar surface area (TPSA) is 77.2 Å². The Morgan fingerprint density at radius 1 is 1.59 bits per heavy atom. The average Bonchev–Trinajstić information content (AvgIpc) is 2.28. The van der Waals surface area contributed by atoms with E-state index in [0.717, 1.165) is 13.0 Å². The zero-order valence-corrected chi connectivity index (χ0v) is 10.3. The van der Waals surface area contributed by atoms with Gasteiger partial charge in [-0.05, 0) is 19.0 Å². The van der Waals surface area contributed by atoms with Crippen LogP contribution in [0.25, 0.3) is 0 Å². The fraction of sp³-hybridized carbons (Fsp3) is 0.500. The molecule has 0 unspecified atom stereocenters. The fourth-order valence-corrected chi connectivity index (χ4v) is 1.29. The number of pyridine rings is 1. The summed E-state index contributed by atoms with van der Waals surface area (Å²) in [5, 5.41) is 3.29. The summed E-state index contributed by atoms with van der Waals surface area (Å²) in [4.78, 5) is 14.7. The highest BCUT2D eigenvalue weighted by atomic mass is 16.5. The minimum Gasteiger partial charge on any atom is -0.493 e. The Bertz CT molecular complexity index is 367. The standard InChI is InChI=1S/C12H19N3O2/c1-9(2)14-5-3-7-17-10-4-6-15-11(8-10)12(13)16/h4,6,8-9,14H,3,5,7H2,1-2H3,(H2,13,16).